The molecule has 0 heterocycles. The maximum atomic E-state index is 13.1. The van der Waals surface area contributed by atoms with Crippen molar-refractivity contribution in [1.29, 1.82) is 5.26 Å². The molecule has 0 radical (unpaired) electrons. The minimum atomic E-state index is -0.787. The molecule has 78 valence electrons. The fourth-order valence-corrected chi connectivity index (χ4v) is 1.24. The summed E-state index contributed by atoms with van der Waals surface area (Å²) in [6.07, 6.45) is 0. The fraction of sp³-hybridized carbons (Fsp3) is 0.200. The summed E-state index contributed by atoms with van der Waals surface area (Å²) in [6.45, 7) is 1.81. The highest BCUT2D eigenvalue weighted by atomic mass is 35.5. The van der Waals surface area contributed by atoms with Gasteiger partial charge < -0.3 is 4.74 Å². The Morgan fingerprint density at radius 2 is 2.33 bits per heavy atom. The molecule has 0 N–H and O–H groups in total. The summed E-state index contributed by atoms with van der Waals surface area (Å²) in [5.74, 6) is -1.49. The van der Waals surface area contributed by atoms with Crippen molar-refractivity contribution in [2.24, 2.45) is 0 Å². The van der Waals surface area contributed by atoms with Crippen molar-refractivity contribution < 1.29 is 13.9 Å². The van der Waals surface area contributed by atoms with Gasteiger partial charge in [0.1, 0.15) is 11.9 Å². The maximum Gasteiger partial charge on any atom is 0.339 e. The van der Waals surface area contributed by atoms with E-state index in [4.69, 9.17) is 16.9 Å². The normalized spacial score (nSPS) is 9.47. The van der Waals surface area contributed by atoms with Crippen LogP contribution in [0.4, 0.5) is 4.39 Å². The molecule has 3 nitrogen and oxygen atoms in total. The van der Waals surface area contributed by atoms with Crippen molar-refractivity contribution in [1.82, 2.24) is 0 Å². The quantitative estimate of drug-likeness (QED) is 0.730. The van der Waals surface area contributed by atoms with E-state index in [1.807, 2.05) is 0 Å². The second kappa shape index (κ2) is 4.76. The predicted octanol–water partition coefficient (Wildman–Crippen LogP) is 2.53. The summed E-state index contributed by atoms with van der Waals surface area (Å²) >= 11 is 5.69. The van der Waals surface area contributed by atoms with E-state index < -0.39 is 11.8 Å². The van der Waals surface area contributed by atoms with Crippen LogP contribution in [0, 0.1) is 17.1 Å². The van der Waals surface area contributed by atoms with E-state index in [0.717, 1.165) is 12.1 Å². The van der Waals surface area contributed by atoms with E-state index in [-0.39, 0.29) is 22.8 Å². The van der Waals surface area contributed by atoms with Crippen LogP contribution in [0.3, 0.4) is 0 Å². The van der Waals surface area contributed by atoms with Gasteiger partial charge in [0.15, 0.2) is 0 Å². The average Bonchev–Trinajstić information content (AvgIpc) is 2.21. The third-order valence-electron chi connectivity index (χ3n) is 1.67. The molecule has 0 saturated heterocycles. The molecule has 5 heteroatoms. The number of carbonyl (C=O) groups is 1. The van der Waals surface area contributed by atoms with Crippen LogP contribution in [0.2, 0.25) is 5.02 Å². The first-order valence-corrected chi connectivity index (χ1v) is 4.54. The summed E-state index contributed by atoms with van der Waals surface area (Å²) in [5, 5.41) is 8.52. The van der Waals surface area contributed by atoms with Crippen LogP contribution >= 0.6 is 11.6 Å². The van der Waals surface area contributed by atoms with Crippen LogP contribution in [0.5, 0.6) is 0 Å². The Bertz CT molecular complexity index is 440. The summed E-state index contributed by atoms with van der Waals surface area (Å²) in [4.78, 5) is 11.3. The number of hydrogen-bond acceptors (Lipinski definition) is 3. The van der Waals surface area contributed by atoms with E-state index in [1.165, 1.54) is 0 Å². The predicted molar refractivity (Wildman–Crippen MR) is 52.1 cm³/mol. The third kappa shape index (κ3) is 2.45. The van der Waals surface area contributed by atoms with Crippen molar-refractivity contribution in [3.8, 4) is 6.07 Å². The number of ether oxygens (including phenoxy) is 1. The molecule has 0 bridgehead atoms. The molecule has 0 spiro atoms. The van der Waals surface area contributed by atoms with E-state index in [2.05, 4.69) is 4.74 Å². The summed E-state index contributed by atoms with van der Waals surface area (Å²) < 4.78 is 17.8. The number of nitrogens with zero attached hydrogens (tertiary/aromatic N) is 1. The highest BCUT2D eigenvalue weighted by Crippen LogP contribution is 2.21. The molecule has 0 fully saturated rings. The van der Waals surface area contributed by atoms with E-state index >= 15 is 0 Å². The molecule has 1 aromatic carbocycles. The molecule has 0 unspecified atom stereocenters. The fourth-order valence-electron chi connectivity index (χ4n) is 0.998. The molecular weight excluding hydrogens is 221 g/mol. The molecule has 0 atom stereocenters. The number of benzene rings is 1. The van der Waals surface area contributed by atoms with Crippen molar-refractivity contribution >= 4 is 17.6 Å². The van der Waals surface area contributed by atoms with Gasteiger partial charge >= 0.3 is 5.97 Å². The minimum absolute atomic E-state index is 0.00593. The SMILES string of the molecule is CCOC(=O)c1cc(F)c(C#N)cc1Cl. The van der Waals surface area contributed by atoms with Gasteiger partial charge in [0.2, 0.25) is 0 Å². The van der Waals surface area contributed by atoms with Gasteiger partial charge in [-0.25, -0.2) is 9.18 Å². The van der Waals surface area contributed by atoms with Crippen molar-refractivity contribution in [3.05, 3.63) is 34.1 Å². The molecule has 0 amide bonds. The Morgan fingerprint density at radius 1 is 1.67 bits per heavy atom. The standard InChI is InChI=1S/C10H7ClFNO2/c1-2-15-10(14)7-4-9(12)6(5-13)3-8(7)11/h3-4H,2H2,1H3. The Labute approximate surface area is 91.0 Å². The largest absolute Gasteiger partial charge is 0.462 e. The van der Waals surface area contributed by atoms with Crippen LogP contribution < -0.4 is 0 Å². The average molecular weight is 228 g/mol. The molecule has 0 aliphatic carbocycles. The van der Waals surface area contributed by atoms with Crippen LogP contribution in [0.1, 0.15) is 22.8 Å². The molecule has 1 rings (SSSR count). The minimum Gasteiger partial charge on any atom is -0.462 e. The van der Waals surface area contributed by atoms with Gasteiger partial charge in [0.25, 0.3) is 0 Å². The number of carbonyl (C=O) groups excluding carboxylic acids is 1. The summed E-state index contributed by atoms with van der Waals surface area (Å²) in [5.41, 5.74) is -0.275. The Balaban J connectivity index is 3.17. The summed E-state index contributed by atoms with van der Waals surface area (Å²) in [7, 11) is 0. The van der Waals surface area contributed by atoms with Crippen LogP contribution in [-0.2, 0) is 4.74 Å². The van der Waals surface area contributed by atoms with Gasteiger partial charge in [-0.3, -0.25) is 0 Å². The van der Waals surface area contributed by atoms with Crippen molar-refractivity contribution in [2.45, 2.75) is 6.92 Å². The number of nitriles is 1. The number of hydrogen-bond donors (Lipinski definition) is 0. The lowest BCUT2D eigenvalue weighted by Crippen LogP contribution is -2.06. The third-order valence-corrected chi connectivity index (χ3v) is 1.99. The number of halogens is 2. The monoisotopic (exact) mass is 227 g/mol. The lowest BCUT2D eigenvalue weighted by Gasteiger charge is -2.04. The van der Waals surface area contributed by atoms with E-state index in [1.54, 1.807) is 13.0 Å². The Kier molecular flexibility index (Phi) is 3.64. The van der Waals surface area contributed by atoms with Crippen molar-refractivity contribution in [3.63, 3.8) is 0 Å². The lowest BCUT2D eigenvalue weighted by molar-refractivity contribution is 0.0526. The van der Waals surface area contributed by atoms with Crippen LogP contribution in [-0.4, -0.2) is 12.6 Å². The van der Waals surface area contributed by atoms with Gasteiger partial charge in [0.05, 0.1) is 22.8 Å². The highest BCUT2D eigenvalue weighted by molar-refractivity contribution is 6.33. The molecular formula is C10H7ClFNO2. The van der Waals surface area contributed by atoms with Gasteiger partial charge in [0, 0.05) is 0 Å². The molecule has 15 heavy (non-hydrogen) atoms. The van der Waals surface area contributed by atoms with E-state index in [0.29, 0.717) is 0 Å². The zero-order valence-corrected chi connectivity index (χ0v) is 8.64. The van der Waals surface area contributed by atoms with Gasteiger partial charge in [-0.2, -0.15) is 5.26 Å². The highest BCUT2D eigenvalue weighted by Gasteiger charge is 2.15. The Morgan fingerprint density at radius 3 is 2.87 bits per heavy atom. The molecule has 0 aliphatic heterocycles. The second-order valence-corrected chi connectivity index (χ2v) is 3.05. The van der Waals surface area contributed by atoms with Crippen LogP contribution in [0.25, 0.3) is 0 Å². The number of esters is 1. The first-order chi connectivity index (χ1) is 7.10. The zero-order chi connectivity index (χ0) is 11.4. The molecule has 1 aromatic rings. The van der Waals surface area contributed by atoms with Crippen molar-refractivity contribution in [2.75, 3.05) is 6.61 Å². The first kappa shape index (κ1) is 11.5. The summed E-state index contributed by atoms with van der Waals surface area (Å²) in [6, 6.07) is 3.62. The molecule has 0 saturated carbocycles. The molecule has 0 aliphatic rings. The maximum absolute atomic E-state index is 13.1. The van der Waals surface area contributed by atoms with Gasteiger partial charge in [-0.05, 0) is 19.1 Å². The number of rotatable bonds is 2. The Hall–Kier alpha value is -1.60. The van der Waals surface area contributed by atoms with Gasteiger partial charge in [-0.1, -0.05) is 11.6 Å². The van der Waals surface area contributed by atoms with E-state index in [9.17, 15) is 9.18 Å². The molecule has 0 aromatic heterocycles. The lowest BCUT2D eigenvalue weighted by atomic mass is 10.1. The second-order valence-electron chi connectivity index (χ2n) is 2.64. The first-order valence-electron chi connectivity index (χ1n) is 4.16. The smallest absolute Gasteiger partial charge is 0.339 e. The van der Waals surface area contributed by atoms with Crippen LogP contribution in [0.15, 0.2) is 12.1 Å². The van der Waals surface area contributed by atoms with Gasteiger partial charge in [-0.15, -0.1) is 0 Å². The zero-order valence-electron chi connectivity index (χ0n) is 7.88. The topological polar surface area (TPSA) is 50.1 Å².